The second kappa shape index (κ2) is 9.75. The first-order valence-corrected chi connectivity index (χ1v) is 14.7. The highest BCUT2D eigenvalue weighted by atomic mass is 15.2. The average Bonchev–Trinajstić information content (AvgIpc) is 3.49. The van der Waals surface area contributed by atoms with E-state index in [9.17, 15) is 0 Å². The highest BCUT2D eigenvalue weighted by Crippen LogP contribution is 2.50. The summed E-state index contributed by atoms with van der Waals surface area (Å²) in [6, 6.07) is 48.9. The van der Waals surface area contributed by atoms with Crippen LogP contribution in [0.1, 0.15) is 0 Å². The Balaban J connectivity index is 1.20. The zero-order valence-corrected chi connectivity index (χ0v) is 23.7. The van der Waals surface area contributed by atoms with Crippen molar-refractivity contribution in [1.82, 2.24) is 19.5 Å². The van der Waals surface area contributed by atoms with Crippen molar-refractivity contribution in [2.24, 2.45) is 0 Å². The number of hydrogen-bond donors (Lipinski definition) is 0. The third-order valence-electron chi connectivity index (χ3n) is 8.45. The summed E-state index contributed by atoms with van der Waals surface area (Å²) in [7, 11) is 0. The third kappa shape index (κ3) is 3.76. The van der Waals surface area contributed by atoms with Crippen LogP contribution in [0.25, 0.3) is 61.1 Å². The fourth-order valence-electron chi connectivity index (χ4n) is 6.49. The molecule has 3 heterocycles. The van der Waals surface area contributed by atoms with Gasteiger partial charge in [-0.3, -0.25) is 9.47 Å². The van der Waals surface area contributed by atoms with Crippen molar-refractivity contribution in [1.29, 1.82) is 0 Å². The van der Waals surface area contributed by atoms with Gasteiger partial charge in [-0.05, 0) is 88.8 Å². The Bertz CT molecular complexity index is 2320. The first-order valence-electron chi connectivity index (χ1n) is 14.7. The van der Waals surface area contributed by atoms with Crippen LogP contribution in [-0.2, 0) is 0 Å². The van der Waals surface area contributed by atoms with Crippen LogP contribution in [0.5, 0.6) is 0 Å². The zero-order chi connectivity index (χ0) is 29.0. The molecule has 5 heteroatoms. The maximum Gasteiger partial charge on any atom is 0.148 e. The van der Waals surface area contributed by atoms with E-state index < -0.39 is 0 Å². The van der Waals surface area contributed by atoms with Crippen LogP contribution in [-0.4, -0.2) is 19.5 Å². The van der Waals surface area contributed by atoms with E-state index >= 15 is 0 Å². The number of rotatable bonds is 4. The van der Waals surface area contributed by atoms with Crippen LogP contribution in [0.4, 0.5) is 17.2 Å². The van der Waals surface area contributed by atoms with Gasteiger partial charge in [0, 0.05) is 34.1 Å². The molecule has 0 radical (unpaired) electrons. The summed E-state index contributed by atoms with van der Waals surface area (Å²) < 4.78 is 2.23. The van der Waals surface area contributed by atoms with Crippen LogP contribution in [0, 0.1) is 0 Å². The summed E-state index contributed by atoms with van der Waals surface area (Å²) in [6.45, 7) is 0. The van der Waals surface area contributed by atoms with Gasteiger partial charge >= 0.3 is 0 Å². The fraction of sp³-hybridized carbons (Fsp3) is 0. The highest BCUT2D eigenvalue weighted by Gasteiger charge is 2.28. The van der Waals surface area contributed by atoms with Crippen molar-refractivity contribution < 1.29 is 0 Å². The lowest BCUT2D eigenvalue weighted by Crippen LogP contribution is -2.16. The van der Waals surface area contributed by atoms with Crippen LogP contribution in [0.15, 0.2) is 152 Å². The summed E-state index contributed by atoms with van der Waals surface area (Å²) >= 11 is 0. The van der Waals surface area contributed by atoms with E-state index in [0.29, 0.717) is 0 Å². The maximum atomic E-state index is 5.06. The Kier molecular flexibility index (Phi) is 5.43. The molecule has 1 aliphatic heterocycles. The van der Waals surface area contributed by atoms with Crippen molar-refractivity contribution in [2.75, 3.05) is 4.90 Å². The molecule has 2 aromatic heterocycles. The quantitative estimate of drug-likeness (QED) is 0.214. The molecule has 0 saturated heterocycles. The summed E-state index contributed by atoms with van der Waals surface area (Å²) in [5, 5.41) is 2.39. The first-order chi connectivity index (χ1) is 21.8. The van der Waals surface area contributed by atoms with Gasteiger partial charge < -0.3 is 0 Å². The normalized spacial score (nSPS) is 12.0. The molecule has 44 heavy (non-hydrogen) atoms. The number of anilines is 3. The Hall–Kier alpha value is -6.07. The molecule has 5 nitrogen and oxygen atoms in total. The van der Waals surface area contributed by atoms with Crippen LogP contribution < -0.4 is 4.90 Å². The molecule has 0 aliphatic carbocycles. The van der Waals surface area contributed by atoms with Gasteiger partial charge in [0.05, 0.1) is 16.7 Å². The standard InChI is InChI=1S/C39H25N5/c1-3-10-26(11-4-1)29-22-28-12-9-17-36-37(28)32(23-29)33-24-40-25-41-39(33)44(36)31-20-18-27(19-21-31)38-42-34-15-7-8-16-35(34)43(38)30-13-5-2-6-14-30/h1-25H. The van der Waals surface area contributed by atoms with Gasteiger partial charge in [-0.1, -0.05) is 72.8 Å². The Morgan fingerprint density at radius 2 is 1.32 bits per heavy atom. The smallest absolute Gasteiger partial charge is 0.148 e. The van der Waals surface area contributed by atoms with E-state index in [1.165, 1.54) is 21.9 Å². The molecule has 0 spiro atoms. The van der Waals surface area contributed by atoms with Gasteiger partial charge in [0.15, 0.2) is 0 Å². The van der Waals surface area contributed by atoms with E-state index in [2.05, 4.69) is 142 Å². The van der Waals surface area contributed by atoms with Gasteiger partial charge in [-0.25, -0.2) is 15.0 Å². The molecule has 206 valence electrons. The van der Waals surface area contributed by atoms with E-state index in [4.69, 9.17) is 9.97 Å². The third-order valence-corrected chi connectivity index (χ3v) is 8.45. The lowest BCUT2D eigenvalue weighted by Gasteiger charge is -2.32. The summed E-state index contributed by atoms with van der Waals surface area (Å²) in [5.41, 5.74) is 10.8. The fourth-order valence-corrected chi connectivity index (χ4v) is 6.49. The first kappa shape index (κ1) is 24.5. The number of hydrogen-bond acceptors (Lipinski definition) is 4. The van der Waals surface area contributed by atoms with Crippen LogP contribution >= 0.6 is 0 Å². The number of imidazole rings is 1. The Morgan fingerprint density at radius 3 is 2.16 bits per heavy atom. The number of benzene rings is 6. The molecule has 0 saturated carbocycles. The number of nitrogens with zero attached hydrogens (tertiary/aromatic N) is 5. The van der Waals surface area contributed by atoms with Gasteiger partial charge in [-0.15, -0.1) is 0 Å². The van der Waals surface area contributed by atoms with Gasteiger partial charge in [0.2, 0.25) is 0 Å². The van der Waals surface area contributed by atoms with E-state index in [1.54, 1.807) is 6.33 Å². The second-order valence-corrected chi connectivity index (χ2v) is 11.0. The number of aromatic nitrogens is 4. The lowest BCUT2D eigenvalue weighted by molar-refractivity contribution is 1.10. The van der Waals surface area contributed by atoms with E-state index in [1.807, 2.05) is 18.3 Å². The topological polar surface area (TPSA) is 46.8 Å². The molecule has 8 aromatic rings. The van der Waals surface area contributed by atoms with Crippen molar-refractivity contribution in [3.05, 3.63) is 152 Å². The molecule has 0 N–H and O–H groups in total. The molecular formula is C39H25N5. The molecular weight excluding hydrogens is 538 g/mol. The lowest BCUT2D eigenvalue weighted by atomic mass is 9.90. The maximum absolute atomic E-state index is 5.06. The van der Waals surface area contributed by atoms with Crippen molar-refractivity contribution in [3.63, 3.8) is 0 Å². The number of para-hydroxylation sites is 3. The minimum absolute atomic E-state index is 0.870. The zero-order valence-electron chi connectivity index (χ0n) is 23.7. The van der Waals surface area contributed by atoms with E-state index in [0.717, 1.165) is 56.4 Å². The van der Waals surface area contributed by atoms with Crippen molar-refractivity contribution in [2.45, 2.75) is 0 Å². The molecule has 0 amide bonds. The van der Waals surface area contributed by atoms with Gasteiger partial charge in [-0.2, -0.15) is 0 Å². The molecule has 0 atom stereocenters. The van der Waals surface area contributed by atoms with Crippen molar-refractivity contribution >= 4 is 39.0 Å². The second-order valence-electron chi connectivity index (χ2n) is 11.0. The number of fused-ring (bicyclic) bond motifs is 3. The summed E-state index contributed by atoms with van der Waals surface area (Å²) in [4.78, 5) is 16.6. The predicted molar refractivity (Wildman–Crippen MR) is 179 cm³/mol. The van der Waals surface area contributed by atoms with Gasteiger partial charge in [0.25, 0.3) is 0 Å². The van der Waals surface area contributed by atoms with E-state index in [-0.39, 0.29) is 0 Å². The highest BCUT2D eigenvalue weighted by molar-refractivity contribution is 6.14. The molecule has 9 rings (SSSR count). The van der Waals surface area contributed by atoms with Crippen LogP contribution in [0.3, 0.4) is 0 Å². The molecule has 1 aliphatic rings. The largest absolute Gasteiger partial charge is 0.294 e. The average molecular weight is 564 g/mol. The van der Waals surface area contributed by atoms with Gasteiger partial charge in [0.1, 0.15) is 18.0 Å². The van der Waals surface area contributed by atoms with Crippen LogP contribution in [0.2, 0.25) is 0 Å². The summed E-state index contributed by atoms with van der Waals surface area (Å²) in [5.74, 6) is 1.78. The Morgan fingerprint density at radius 1 is 0.545 bits per heavy atom. The SMILES string of the molecule is c1ccc(-c2cc3c4c(cccc4c2)N(c2ccc(-c4nc5ccccc5n4-c4ccccc4)cc2)c2ncncc2-3)cc1. The molecule has 0 bridgehead atoms. The monoisotopic (exact) mass is 563 g/mol. The summed E-state index contributed by atoms with van der Waals surface area (Å²) in [6.07, 6.45) is 3.57. The minimum Gasteiger partial charge on any atom is -0.294 e. The molecule has 0 fully saturated rings. The van der Waals surface area contributed by atoms with Crippen molar-refractivity contribution in [3.8, 4) is 39.3 Å². The predicted octanol–water partition coefficient (Wildman–Crippen LogP) is 9.75. The minimum atomic E-state index is 0.870. The molecule has 6 aromatic carbocycles. The molecule has 0 unspecified atom stereocenters. The Labute approximate surface area is 254 Å².